The fraction of sp³-hybridized carbons (Fsp3) is 0.714. The predicted octanol–water partition coefficient (Wildman–Crippen LogP) is 2.26. The van der Waals surface area contributed by atoms with Crippen molar-refractivity contribution in [2.75, 3.05) is 13.6 Å². The second-order valence-electron chi connectivity index (χ2n) is 5.37. The molecular weight excluding hydrogens is 276 g/mol. The summed E-state index contributed by atoms with van der Waals surface area (Å²) in [5.41, 5.74) is 0. The normalized spacial score (nSPS) is 17.2. The number of furan rings is 1. The molecule has 114 valence electrons. The van der Waals surface area contributed by atoms with Gasteiger partial charge in [-0.2, -0.15) is 4.31 Å². The molecule has 0 saturated heterocycles. The van der Waals surface area contributed by atoms with E-state index in [-0.39, 0.29) is 6.04 Å². The number of nitrogens with zero attached hydrogens (tertiary/aromatic N) is 1. The molecule has 0 radical (unpaired) electrons. The van der Waals surface area contributed by atoms with Gasteiger partial charge in [0.15, 0.2) is 0 Å². The van der Waals surface area contributed by atoms with Gasteiger partial charge in [-0.25, -0.2) is 8.42 Å². The standard InChI is InChI=1S/C14H24N2O3S/c1-4-15-10-13-9-14(11(2)19-13)20(17,18)16(3)12-7-5-6-8-12/h9,12,15H,4-8,10H2,1-3H3. The first-order chi connectivity index (χ1) is 9.46. The molecule has 1 fully saturated rings. The zero-order valence-electron chi connectivity index (χ0n) is 12.5. The lowest BCUT2D eigenvalue weighted by molar-refractivity contribution is 0.371. The third-order valence-corrected chi connectivity index (χ3v) is 5.99. The van der Waals surface area contributed by atoms with E-state index in [0.717, 1.165) is 32.2 Å². The molecule has 20 heavy (non-hydrogen) atoms. The minimum Gasteiger partial charge on any atom is -0.464 e. The molecule has 1 heterocycles. The number of hydrogen-bond acceptors (Lipinski definition) is 4. The topological polar surface area (TPSA) is 62.6 Å². The average molecular weight is 300 g/mol. The van der Waals surface area contributed by atoms with Crippen molar-refractivity contribution in [3.05, 3.63) is 17.6 Å². The van der Waals surface area contributed by atoms with Gasteiger partial charge in [0.2, 0.25) is 10.0 Å². The quantitative estimate of drug-likeness (QED) is 0.875. The van der Waals surface area contributed by atoms with E-state index in [1.807, 2.05) is 6.92 Å². The number of rotatable bonds is 6. The molecule has 1 saturated carbocycles. The van der Waals surface area contributed by atoms with Crippen molar-refractivity contribution in [3.8, 4) is 0 Å². The maximum absolute atomic E-state index is 12.7. The molecule has 0 bridgehead atoms. The molecule has 0 aromatic carbocycles. The van der Waals surface area contributed by atoms with Crippen LogP contribution < -0.4 is 5.32 Å². The maximum Gasteiger partial charge on any atom is 0.246 e. The third kappa shape index (κ3) is 3.07. The summed E-state index contributed by atoms with van der Waals surface area (Å²) >= 11 is 0. The van der Waals surface area contributed by atoms with Crippen molar-refractivity contribution in [3.63, 3.8) is 0 Å². The molecule has 1 aromatic heterocycles. The van der Waals surface area contributed by atoms with Gasteiger partial charge < -0.3 is 9.73 Å². The lowest BCUT2D eigenvalue weighted by Gasteiger charge is -2.23. The zero-order valence-corrected chi connectivity index (χ0v) is 13.3. The average Bonchev–Trinajstić information content (AvgIpc) is 3.04. The lowest BCUT2D eigenvalue weighted by atomic mass is 10.3. The molecule has 0 aliphatic heterocycles. The maximum atomic E-state index is 12.7. The van der Waals surface area contributed by atoms with Crippen LogP contribution in [0.15, 0.2) is 15.4 Å². The highest BCUT2D eigenvalue weighted by molar-refractivity contribution is 7.89. The molecule has 0 unspecified atom stereocenters. The molecule has 0 spiro atoms. The van der Waals surface area contributed by atoms with Crippen LogP contribution in [0.25, 0.3) is 0 Å². The van der Waals surface area contributed by atoms with Crippen LogP contribution in [0, 0.1) is 6.92 Å². The van der Waals surface area contributed by atoms with Gasteiger partial charge in [0, 0.05) is 19.2 Å². The van der Waals surface area contributed by atoms with Crippen LogP contribution >= 0.6 is 0 Å². The van der Waals surface area contributed by atoms with E-state index in [1.165, 1.54) is 4.31 Å². The molecule has 6 heteroatoms. The second kappa shape index (κ2) is 6.28. The molecule has 2 rings (SSSR count). The Morgan fingerprint density at radius 3 is 2.65 bits per heavy atom. The Hall–Kier alpha value is -0.850. The Labute approximate surface area is 121 Å². The number of aryl methyl sites for hydroxylation is 1. The smallest absolute Gasteiger partial charge is 0.246 e. The summed E-state index contributed by atoms with van der Waals surface area (Å²) in [5.74, 6) is 1.14. The van der Waals surface area contributed by atoms with Crippen molar-refractivity contribution in [2.24, 2.45) is 0 Å². The van der Waals surface area contributed by atoms with Crippen LogP contribution in [0.5, 0.6) is 0 Å². The van der Waals surface area contributed by atoms with E-state index in [1.54, 1.807) is 20.0 Å². The summed E-state index contributed by atoms with van der Waals surface area (Å²) in [6.45, 7) is 5.09. The second-order valence-corrected chi connectivity index (χ2v) is 7.34. The Bertz CT molecular complexity index is 545. The monoisotopic (exact) mass is 300 g/mol. The van der Waals surface area contributed by atoms with Crippen molar-refractivity contribution >= 4 is 10.0 Å². The fourth-order valence-electron chi connectivity index (χ4n) is 2.73. The van der Waals surface area contributed by atoms with E-state index in [2.05, 4.69) is 5.32 Å². The SMILES string of the molecule is CCNCc1cc(S(=O)(=O)N(C)C2CCCC2)c(C)o1. The van der Waals surface area contributed by atoms with E-state index < -0.39 is 10.0 Å². The van der Waals surface area contributed by atoms with Gasteiger partial charge in [0.1, 0.15) is 16.4 Å². The summed E-state index contributed by atoms with van der Waals surface area (Å²) < 4.78 is 32.4. The molecule has 0 amide bonds. The van der Waals surface area contributed by atoms with Gasteiger partial charge in [-0.15, -0.1) is 0 Å². The lowest BCUT2D eigenvalue weighted by Crippen LogP contribution is -2.35. The fourth-order valence-corrected chi connectivity index (χ4v) is 4.33. The van der Waals surface area contributed by atoms with Crippen molar-refractivity contribution in [1.29, 1.82) is 0 Å². The van der Waals surface area contributed by atoms with Gasteiger partial charge in [-0.3, -0.25) is 0 Å². The summed E-state index contributed by atoms with van der Waals surface area (Å²) in [6.07, 6.45) is 4.13. The molecule has 1 aliphatic rings. The third-order valence-electron chi connectivity index (χ3n) is 3.97. The summed E-state index contributed by atoms with van der Waals surface area (Å²) in [6, 6.07) is 1.78. The van der Waals surface area contributed by atoms with E-state index in [0.29, 0.717) is 23.0 Å². The van der Waals surface area contributed by atoms with Crippen molar-refractivity contribution in [1.82, 2.24) is 9.62 Å². The predicted molar refractivity (Wildman–Crippen MR) is 78.0 cm³/mol. The summed E-state index contributed by atoms with van der Waals surface area (Å²) in [4.78, 5) is 0.305. The van der Waals surface area contributed by atoms with Crippen molar-refractivity contribution in [2.45, 2.75) is 57.0 Å². The van der Waals surface area contributed by atoms with E-state index >= 15 is 0 Å². The van der Waals surface area contributed by atoms with Crippen LogP contribution in [0.2, 0.25) is 0 Å². The Kier molecular flexibility index (Phi) is 4.88. The van der Waals surface area contributed by atoms with Crippen LogP contribution in [0.1, 0.15) is 44.1 Å². The first kappa shape index (κ1) is 15.5. The number of nitrogens with one attached hydrogen (secondary N) is 1. The Morgan fingerprint density at radius 1 is 1.40 bits per heavy atom. The zero-order chi connectivity index (χ0) is 14.8. The van der Waals surface area contributed by atoms with Gasteiger partial charge >= 0.3 is 0 Å². The number of hydrogen-bond donors (Lipinski definition) is 1. The highest BCUT2D eigenvalue weighted by Gasteiger charge is 2.32. The minimum absolute atomic E-state index is 0.131. The highest BCUT2D eigenvalue weighted by Crippen LogP contribution is 2.29. The van der Waals surface area contributed by atoms with Crippen molar-refractivity contribution < 1.29 is 12.8 Å². The summed E-state index contributed by atoms with van der Waals surface area (Å²) in [7, 11) is -1.76. The first-order valence-corrected chi connectivity index (χ1v) is 8.69. The molecule has 5 nitrogen and oxygen atoms in total. The largest absolute Gasteiger partial charge is 0.464 e. The molecule has 1 N–H and O–H groups in total. The highest BCUT2D eigenvalue weighted by atomic mass is 32.2. The Morgan fingerprint density at radius 2 is 2.05 bits per heavy atom. The van der Waals surface area contributed by atoms with Crippen LogP contribution in [-0.2, 0) is 16.6 Å². The van der Waals surface area contributed by atoms with Gasteiger partial charge in [-0.05, 0) is 26.3 Å². The minimum atomic E-state index is -3.45. The number of sulfonamides is 1. The molecular formula is C14H24N2O3S. The first-order valence-electron chi connectivity index (χ1n) is 7.25. The summed E-state index contributed by atoms with van der Waals surface area (Å²) in [5, 5.41) is 3.14. The van der Waals surface area contributed by atoms with E-state index in [4.69, 9.17) is 4.42 Å². The van der Waals surface area contributed by atoms with Gasteiger partial charge in [0.05, 0.1) is 6.54 Å². The molecule has 1 aliphatic carbocycles. The van der Waals surface area contributed by atoms with Crippen LogP contribution in [0.4, 0.5) is 0 Å². The molecule has 1 aromatic rings. The van der Waals surface area contributed by atoms with Gasteiger partial charge in [-0.1, -0.05) is 19.8 Å². The molecule has 0 atom stereocenters. The van der Waals surface area contributed by atoms with Gasteiger partial charge in [0.25, 0.3) is 0 Å². The van der Waals surface area contributed by atoms with E-state index in [9.17, 15) is 8.42 Å². The van der Waals surface area contributed by atoms with Crippen LogP contribution in [0.3, 0.4) is 0 Å². The van der Waals surface area contributed by atoms with Crippen LogP contribution in [-0.4, -0.2) is 32.4 Å². The Balaban J connectivity index is 2.22.